The zero-order valence-electron chi connectivity index (χ0n) is 19.9. The predicted molar refractivity (Wildman–Crippen MR) is 142 cm³/mol. The molecule has 0 saturated heterocycles. The molecule has 1 aliphatic rings. The number of carbonyl (C=O) groups excluding carboxylic acids is 3. The second-order valence-corrected chi connectivity index (χ2v) is 8.49. The molecule has 3 amide bonds. The van der Waals surface area contributed by atoms with Crippen LogP contribution < -0.4 is 20.4 Å². The van der Waals surface area contributed by atoms with Crippen molar-refractivity contribution in [1.29, 1.82) is 0 Å². The maximum atomic E-state index is 12.8. The topological polar surface area (TPSA) is 100 Å². The average molecular weight is 493 g/mol. The number of nitrogens with zero attached hydrogens (tertiary/aromatic N) is 2. The Morgan fingerprint density at radius 1 is 0.865 bits per heavy atom. The summed E-state index contributed by atoms with van der Waals surface area (Å²) in [6.45, 7) is 0.213. The fourth-order valence-electron chi connectivity index (χ4n) is 4.14. The molecule has 1 aliphatic heterocycles. The lowest BCUT2D eigenvalue weighted by atomic mass is 10.1. The summed E-state index contributed by atoms with van der Waals surface area (Å²) in [5, 5.41) is 8.63. The first kappa shape index (κ1) is 23.7. The number of hydrazone groups is 1. The molecule has 8 heteroatoms. The Kier molecular flexibility index (Phi) is 6.89. The number of amides is 3. The molecule has 0 saturated carbocycles. The second-order valence-electron chi connectivity index (χ2n) is 8.49. The maximum absolute atomic E-state index is 12.8. The number of hydrogen-bond acceptors (Lipinski definition) is 5. The Hall–Kier alpha value is -4.98. The first-order valence-corrected chi connectivity index (χ1v) is 11.8. The van der Waals surface area contributed by atoms with Crippen LogP contribution in [0.5, 0.6) is 5.75 Å². The third-order valence-corrected chi connectivity index (χ3v) is 5.94. The summed E-state index contributed by atoms with van der Waals surface area (Å²) >= 11 is 0. The summed E-state index contributed by atoms with van der Waals surface area (Å²) in [6.07, 6.45) is 1.50. The van der Waals surface area contributed by atoms with Crippen molar-refractivity contribution in [2.24, 2.45) is 5.10 Å². The molecule has 0 bridgehead atoms. The van der Waals surface area contributed by atoms with Gasteiger partial charge in [0.25, 0.3) is 17.7 Å². The largest absolute Gasteiger partial charge is 0.484 e. The number of carbonyl (C=O) groups is 3. The Labute approximate surface area is 213 Å². The molecule has 37 heavy (non-hydrogen) atoms. The Balaban J connectivity index is 1.09. The molecule has 0 unspecified atom stereocenters. The van der Waals surface area contributed by atoms with Gasteiger partial charge in [-0.05, 0) is 52.9 Å². The molecule has 4 aromatic carbocycles. The highest BCUT2D eigenvalue weighted by Gasteiger charge is 2.30. The number of benzene rings is 4. The van der Waals surface area contributed by atoms with Gasteiger partial charge in [0.2, 0.25) is 0 Å². The molecule has 0 spiro atoms. The molecule has 4 aromatic rings. The van der Waals surface area contributed by atoms with Crippen LogP contribution in [0.15, 0.2) is 96.1 Å². The normalized spacial score (nSPS) is 12.2. The second kappa shape index (κ2) is 10.7. The van der Waals surface area contributed by atoms with Crippen molar-refractivity contribution >= 4 is 40.4 Å². The minimum atomic E-state index is -0.407. The van der Waals surface area contributed by atoms with Crippen molar-refractivity contribution in [3.05, 3.63) is 108 Å². The number of anilines is 1. The SMILES string of the molecule is O=C(COc1ccc(/C=N/NC(=O)CN2C(=O)c3cccc4cccc2c34)cc1)NCc1ccccc1. The summed E-state index contributed by atoms with van der Waals surface area (Å²) in [7, 11) is 0. The van der Waals surface area contributed by atoms with Gasteiger partial charge < -0.3 is 10.1 Å². The van der Waals surface area contributed by atoms with Crippen LogP contribution in [0.1, 0.15) is 21.5 Å². The van der Waals surface area contributed by atoms with Gasteiger partial charge in [-0.1, -0.05) is 54.6 Å². The molecule has 5 rings (SSSR count). The lowest BCUT2D eigenvalue weighted by molar-refractivity contribution is -0.123. The van der Waals surface area contributed by atoms with Gasteiger partial charge in [-0.15, -0.1) is 0 Å². The monoisotopic (exact) mass is 492 g/mol. The van der Waals surface area contributed by atoms with Gasteiger partial charge >= 0.3 is 0 Å². The van der Waals surface area contributed by atoms with E-state index >= 15 is 0 Å². The third-order valence-electron chi connectivity index (χ3n) is 5.94. The molecule has 2 N–H and O–H groups in total. The van der Waals surface area contributed by atoms with Gasteiger partial charge in [-0.25, -0.2) is 5.43 Å². The van der Waals surface area contributed by atoms with E-state index in [4.69, 9.17) is 4.74 Å². The fourth-order valence-corrected chi connectivity index (χ4v) is 4.14. The molecule has 8 nitrogen and oxygen atoms in total. The van der Waals surface area contributed by atoms with E-state index in [0.717, 1.165) is 27.6 Å². The molecule has 0 radical (unpaired) electrons. The minimum absolute atomic E-state index is 0.0941. The maximum Gasteiger partial charge on any atom is 0.260 e. The Morgan fingerprint density at radius 3 is 2.41 bits per heavy atom. The number of ether oxygens (including phenoxy) is 1. The molecular formula is C29H24N4O4. The Morgan fingerprint density at radius 2 is 1.62 bits per heavy atom. The van der Waals surface area contributed by atoms with Crippen LogP contribution in [0.4, 0.5) is 5.69 Å². The summed E-state index contributed by atoms with van der Waals surface area (Å²) in [5.41, 5.74) is 5.54. The first-order valence-electron chi connectivity index (χ1n) is 11.8. The molecule has 184 valence electrons. The smallest absolute Gasteiger partial charge is 0.260 e. The van der Waals surface area contributed by atoms with E-state index in [2.05, 4.69) is 15.8 Å². The van der Waals surface area contributed by atoms with Crippen LogP contribution in [0, 0.1) is 0 Å². The van der Waals surface area contributed by atoms with Gasteiger partial charge in [0.05, 0.1) is 11.9 Å². The van der Waals surface area contributed by atoms with E-state index in [0.29, 0.717) is 17.9 Å². The molecule has 1 heterocycles. The van der Waals surface area contributed by atoms with Crippen molar-refractivity contribution in [3.8, 4) is 5.75 Å². The summed E-state index contributed by atoms with van der Waals surface area (Å²) in [5.74, 6) is -0.281. The van der Waals surface area contributed by atoms with E-state index in [9.17, 15) is 14.4 Å². The molecule has 0 fully saturated rings. The van der Waals surface area contributed by atoms with Crippen molar-refractivity contribution < 1.29 is 19.1 Å². The lowest BCUT2D eigenvalue weighted by Crippen LogP contribution is -2.37. The summed E-state index contributed by atoms with van der Waals surface area (Å²) in [6, 6.07) is 27.8. The van der Waals surface area contributed by atoms with Gasteiger partial charge in [0.1, 0.15) is 12.3 Å². The van der Waals surface area contributed by atoms with Crippen LogP contribution in [0.25, 0.3) is 10.8 Å². The van der Waals surface area contributed by atoms with Gasteiger partial charge in [-0.3, -0.25) is 19.3 Å². The van der Waals surface area contributed by atoms with Gasteiger partial charge in [0.15, 0.2) is 6.61 Å². The highest BCUT2D eigenvalue weighted by molar-refractivity contribution is 6.26. The molecular weight excluding hydrogens is 468 g/mol. The molecule has 0 aliphatic carbocycles. The van der Waals surface area contributed by atoms with E-state index in [1.54, 1.807) is 30.3 Å². The van der Waals surface area contributed by atoms with E-state index in [1.807, 2.05) is 60.7 Å². The number of hydrogen-bond donors (Lipinski definition) is 2. The van der Waals surface area contributed by atoms with Crippen LogP contribution in [0.2, 0.25) is 0 Å². The van der Waals surface area contributed by atoms with Crippen molar-refractivity contribution in [3.63, 3.8) is 0 Å². The van der Waals surface area contributed by atoms with E-state index < -0.39 is 5.91 Å². The van der Waals surface area contributed by atoms with E-state index in [-0.39, 0.29) is 25.0 Å². The third kappa shape index (κ3) is 5.48. The molecule has 0 aromatic heterocycles. The number of nitrogens with one attached hydrogen (secondary N) is 2. The predicted octanol–water partition coefficient (Wildman–Crippen LogP) is 3.65. The van der Waals surface area contributed by atoms with Crippen LogP contribution in [0.3, 0.4) is 0 Å². The van der Waals surface area contributed by atoms with Crippen molar-refractivity contribution in [1.82, 2.24) is 10.7 Å². The highest BCUT2D eigenvalue weighted by atomic mass is 16.5. The minimum Gasteiger partial charge on any atom is -0.484 e. The first-order chi connectivity index (χ1) is 18.1. The number of rotatable bonds is 9. The highest BCUT2D eigenvalue weighted by Crippen LogP contribution is 2.36. The van der Waals surface area contributed by atoms with Crippen LogP contribution >= 0.6 is 0 Å². The molecule has 0 atom stereocenters. The van der Waals surface area contributed by atoms with Crippen molar-refractivity contribution in [2.45, 2.75) is 6.54 Å². The fraction of sp³-hybridized carbons (Fsp3) is 0.103. The quantitative estimate of drug-likeness (QED) is 0.275. The van der Waals surface area contributed by atoms with E-state index in [1.165, 1.54) is 11.1 Å². The van der Waals surface area contributed by atoms with Crippen molar-refractivity contribution in [2.75, 3.05) is 18.1 Å². The van der Waals surface area contributed by atoms with Crippen LogP contribution in [-0.2, 0) is 16.1 Å². The lowest BCUT2D eigenvalue weighted by Gasteiger charge is -2.16. The van der Waals surface area contributed by atoms with Gasteiger partial charge in [0, 0.05) is 17.5 Å². The zero-order chi connectivity index (χ0) is 25.6. The summed E-state index contributed by atoms with van der Waals surface area (Å²) < 4.78 is 5.53. The average Bonchev–Trinajstić information content (AvgIpc) is 3.20. The standard InChI is InChI=1S/C29H24N4O4/c34-26(18-33-25-11-5-9-22-8-4-10-24(28(22)25)29(33)36)32-31-17-21-12-14-23(15-13-21)37-19-27(35)30-16-20-6-2-1-3-7-20/h1-15,17H,16,18-19H2,(H,30,35)(H,32,34)/b31-17+. The Bertz CT molecular complexity index is 1480. The van der Waals surface area contributed by atoms with Gasteiger partial charge in [-0.2, -0.15) is 5.10 Å². The van der Waals surface area contributed by atoms with Crippen LogP contribution in [-0.4, -0.2) is 37.1 Å². The zero-order valence-corrected chi connectivity index (χ0v) is 19.9. The summed E-state index contributed by atoms with van der Waals surface area (Å²) in [4.78, 5) is 38.7.